The number of nitrogens with one attached hydrogen (secondary N) is 1. The fraction of sp³-hybridized carbons (Fsp3) is 0.263. The Bertz CT molecular complexity index is 757. The normalized spacial score (nSPS) is 10.8. The van der Waals surface area contributed by atoms with Crippen LogP contribution in [0, 0.1) is 13.8 Å². The zero-order valence-electron chi connectivity index (χ0n) is 14.1. The van der Waals surface area contributed by atoms with Crippen LogP contribution in [-0.2, 0) is 11.2 Å². The number of hydrazone groups is 1. The van der Waals surface area contributed by atoms with E-state index >= 15 is 0 Å². The molecule has 0 fully saturated rings. The van der Waals surface area contributed by atoms with Gasteiger partial charge in [0.1, 0.15) is 5.75 Å². The standard InChI is InChI=1S/C19H21BrN2O2/c1-4-15-6-8-18(17(20)10-15)24-12-19(23)22-21-11-16-7-5-13(2)9-14(16)3/h5-11H,4,12H2,1-3H3,(H,22,23)/b21-11+. The molecule has 4 nitrogen and oxygen atoms in total. The number of hydrogen-bond acceptors (Lipinski definition) is 3. The van der Waals surface area contributed by atoms with Crippen LogP contribution < -0.4 is 10.2 Å². The van der Waals surface area contributed by atoms with E-state index < -0.39 is 0 Å². The van der Waals surface area contributed by atoms with Gasteiger partial charge in [0.05, 0.1) is 10.7 Å². The molecule has 0 unspecified atom stereocenters. The van der Waals surface area contributed by atoms with E-state index in [-0.39, 0.29) is 12.5 Å². The molecule has 0 saturated heterocycles. The van der Waals surface area contributed by atoms with Crippen molar-refractivity contribution >= 4 is 28.1 Å². The third kappa shape index (κ3) is 5.20. The first kappa shape index (κ1) is 18.2. The molecule has 0 bridgehead atoms. The molecule has 0 aliphatic rings. The number of aryl methyl sites for hydroxylation is 3. The summed E-state index contributed by atoms with van der Waals surface area (Å²) in [6, 6.07) is 11.9. The second-order valence-corrected chi connectivity index (χ2v) is 6.41. The van der Waals surface area contributed by atoms with Gasteiger partial charge in [-0.15, -0.1) is 0 Å². The second kappa shape index (κ2) is 8.64. The van der Waals surface area contributed by atoms with Gasteiger partial charge in [0, 0.05) is 0 Å². The molecular weight excluding hydrogens is 368 g/mol. The first-order valence-corrected chi connectivity index (χ1v) is 8.59. The maximum absolute atomic E-state index is 11.8. The number of benzene rings is 2. The number of carbonyl (C=O) groups is 1. The van der Waals surface area contributed by atoms with Gasteiger partial charge >= 0.3 is 0 Å². The minimum absolute atomic E-state index is 0.0890. The largest absolute Gasteiger partial charge is 0.483 e. The van der Waals surface area contributed by atoms with Crippen LogP contribution in [0.25, 0.3) is 0 Å². The quantitative estimate of drug-likeness (QED) is 0.596. The monoisotopic (exact) mass is 388 g/mol. The molecule has 0 spiro atoms. The van der Waals surface area contributed by atoms with Gasteiger partial charge in [-0.2, -0.15) is 5.10 Å². The second-order valence-electron chi connectivity index (χ2n) is 5.56. The number of rotatable bonds is 6. The maximum Gasteiger partial charge on any atom is 0.277 e. The molecule has 0 aliphatic carbocycles. The highest BCUT2D eigenvalue weighted by Crippen LogP contribution is 2.26. The molecule has 24 heavy (non-hydrogen) atoms. The molecule has 1 amide bonds. The van der Waals surface area contributed by atoms with Gasteiger partial charge in [-0.25, -0.2) is 5.43 Å². The molecule has 0 aliphatic heterocycles. The predicted octanol–water partition coefficient (Wildman–Crippen LogP) is 4.16. The fourth-order valence-corrected chi connectivity index (χ4v) is 2.74. The van der Waals surface area contributed by atoms with Crippen molar-refractivity contribution in [1.82, 2.24) is 5.43 Å². The average Bonchev–Trinajstić information content (AvgIpc) is 2.55. The van der Waals surface area contributed by atoms with E-state index in [1.165, 1.54) is 11.1 Å². The molecule has 1 N–H and O–H groups in total. The topological polar surface area (TPSA) is 50.7 Å². The lowest BCUT2D eigenvalue weighted by atomic mass is 10.1. The highest BCUT2D eigenvalue weighted by atomic mass is 79.9. The van der Waals surface area contributed by atoms with E-state index in [0.29, 0.717) is 5.75 Å². The SMILES string of the molecule is CCc1ccc(OCC(=O)N/N=C/c2ccc(C)cc2C)c(Br)c1. The van der Waals surface area contributed by atoms with Gasteiger partial charge in [-0.3, -0.25) is 4.79 Å². The van der Waals surface area contributed by atoms with Crippen LogP contribution in [0.3, 0.4) is 0 Å². The Kier molecular flexibility index (Phi) is 6.55. The van der Waals surface area contributed by atoms with Gasteiger partial charge in [-0.05, 0) is 65.0 Å². The fourth-order valence-electron chi connectivity index (χ4n) is 2.20. The van der Waals surface area contributed by atoms with Crippen molar-refractivity contribution in [3.63, 3.8) is 0 Å². The Hall–Kier alpha value is -2.14. The van der Waals surface area contributed by atoms with Crippen molar-refractivity contribution in [1.29, 1.82) is 0 Å². The van der Waals surface area contributed by atoms with Crippen molar-refractivity contribution in [2.45, 2.75) is 27.2 Å². The molecule has 126 valence electrons. The summed E-state index contributed by atoms with van der Waals surface area (Å²) in [5.41, 5.74) is 6.96. The lowest BCUT2D eigenvalue weighted by molar-refractivity contribution is -0.123. The first-order chi connectivity index (χ1) is 11.5. The third-order valence-corrected chi connectivity index (χ3v) is 4.20. The van der Waals surface area contributed by atoms with E-state index in [9.17, 15) is 4.79 Å². The van der Waals surface area contributed by atoms with Gasteiger partial charge in [0.2, 0.25) is 0 Å². The smallest absolute Gasteiger partial charge is 0.277 e. The first-order valence-electron chi connectivity index (χ1n) is 7.80. The van der Waals surface area contributed by atoms with Crippen LogP contribution in [-0.4, -0.2) is 18.7 Å². The molecular formula is C19H21BrN2O2. The molecule has 0 saturated carbocycles. The molecule has 0 heterocycles. The van der Waals surface area contributed by atoms with Gasteiger partial charge in [-0.1, -0.05) is 36.8 Å². The molecule has 2 aromatic carbocycles. The minimum atomic E-state index is -0.303. The maximum atomic E-state index is 11.8. The summed E-state index contributed by atoms with van der Waals surface area (Å²) < 4.78 is 6.35. The highest BCUT2D eigenvalue weighted by Gasteiger charge is 2.05. The highest BCUT2D eigenvalue weighted by molar-refractivity contribution is 9.10. The van der Waals surface area contributed by atoms with Crippen LogP contribution in [0.5, 0.6) is 5.75 Å². The van der Waals surface area contributed by atoms with Gasteiger partial charge < -0.3 is 4.74 Å². The van der Waals surface area contributed by atoms with E-state index in [1.54, 1.807) is 6.21 Å². The zero-order valence-corrected chi connectivity index (χ0v) is 15.7. The summed E-state index contributed by atoms with van der Waals surface area (Å²) in [7, 11) is 0. The van der Waals surface area contributed by atoms with Crippen LogP contribution in [0.1, 0.15) is 29.2 Å². The summed E-state index contributed by atoms with van der Waals surface area (Å²) in [5.74, 6) is 0.336. The third-order valence-electron chi connectivity index (χ3n) is 3.58. The molecule has 2 rings (SSSR count). The Morgan fingerprint density at radius 3 is 2.71 bits per heavy atom. The minimum Gasteiger partial charge on any atom is -0.483 e. The molecule has 2 aromatic rings. The molecule has 0 atom stereocenters. The van der Waals surface area contributed by atoms with Crippen LogP contribution in [0.2, 0.25) is 0 Å². The summed E-state index contributed by atoms with van der Waals surface area (Å²) >= 11 is 3.45. The summed E-state index contributed by atoms with van der Waals surface area (Å²) in [6.45, 7) is 6.05. The van der Waals surface area contributed by atoms with E-state index in [1.807, 2.05) is 44.2 Å². The van der Waals surface area contributed by atoms with Crippen LogP contribution in [0.15, 0.2) is 46.0 Å². The number of hydrogen-bond donors (Lipinski definition) is 1. The lowest BCUT2D eigenvalue weighted by Gasteiger charge is -2.08. The number of halogens is 1. The van der Waals surface area contributed by atoms with Crippen LogP contribution in [0.4, 0.5) is 0 Å². The van der Waals surface area contributed by atoms with E-state index in [0.717, 1.165) is 22.0 Å². The Labute approximate surface area is 151 Å². The van der Waals surface area contributed by atoms with Crippen molar-refractivity contribution in [3.8, 4) is 5.75 Å². The summed E-state index contributed by atoms with van der Waals surface area (Å²) in [5, 5.41) is 3.98. The number of amides is 1. The Morgan fingerprint density at radius 1 is 1.25 bits per heavy atom. The van der Waals surface area contributed by atoms with E-state index in [2.05, 4.69) is 39.4 Å². The number of nitrogens with zero attached hydrogens (tertiary/aromatic N) is 1. The Balaban J connectivity index is 1.86. The predicted molar refractivity (Wildman–Crippen MR) is 101 cm³/mol. The zero-order chi connectivity index (χ0) is 17.5. The average molecular weight is 389 g/mol. The van der Waals surface area contributed by atoms with E-state index in [4.69, 9.17) is 4.74 Å². The van der Waals surface area contributed by atoms with Gasteiger partial charge in [0.15, 0.2) is 6.61 Å². The van der Waals surface area contributed by atoms with Crippen molar-refractivity contribution in [2.75, 3.05) is 6.61 Å². The van der Waals surface area contributed by atoms with Crippen molar-refractivity contribution in [3.05, 3.63) is 63.1 Å². The Morgan fingerprint density at radius 2 is 2.04 bits per heavy atom. The van der Waals surface area contributed by atoms with Crippen molar-refractivity contribution < 1.29 is 9.53 Å². The molecule has 0 radical (unpaired) electrons. The van der Waals surface area contributed by atoms with Gasteiger partial charge in [0.25, 0.3) is 5.91 Å². The lowest BCUT2D eigenvalue weighted by Crippen LogP contribution is -2.24. The summed E-state index contributed by atoms with van der Waals surface area (Å²) in [6.07, 6.45) is 2.59. The molecule has 0 aromatic heterocycles. The summed E-state index contributed by atoms with van der Waals surface area (Å²) in [4.78, 5) is 11.8. The number of carbonyl (C=O) groups excluding carboxylic acids is 1. The molecule has 5 heteroatoms. The van der Waals surface area contributed by atoms with Crippen LogP contribution >= 0.6 is 15.9 Å². The number of ether oxygens (including phenoxy) is 1. The van der Waals surface area contributed by atoms with Crippen molar-refractivity contribution in [2.24, 2.45) is 5.10 Å².